The predicted octanol–water partition coefficient (Wildman–Crippen LogP) is 2.80. The number of hydrogen-bond acceptors (Lipinski definition) is 5. The summed E-state index contributed by atoms with van der Waals surface area (Å²) in [6.07, 6.45) is 1.31. The Bertz CT molecular complexity index is 886. The van der Waals surface area contributed by atoms with E-state index in [-0.39, 0.29) is 23.8 Å². The van der Waals surface area contributed by atoms with Crippen molar-refractivity contribution in [1.29, 1.82) is 0 Å². The molecule has 0 bridgehead atoms. The number of nitrogens with two attached hydrogens (primary N) is 1. The maximum Gasteiger partial charge on any atom is 0.258 e. The maximum absolute atomic E-state index is 12.6. The lowest BCUT2D eigenvalue weighted by Crippen LogP contribution is -2.40. The van der Waals surface area contributed by atoms with Crippen LogP contribution in [0.3, 0.4) is 0 Å². The minimum absolute atomic E-state index is 0. The third-order valence-electron chi connectivity index (χ3n) is 3.29. The van der Waals surface area contributed by atoms with Crippen LogP contribution in [-0.2, 0) is 16.6 Å². The van der Waals surface area contributed by atoms with E-state index in [1.807, 2.05) is 0 Å². The lowest BCUT2D eigenvalue weighted by atomic mass is 10.1. The summed E-state index contributed by atoms with van der Waals surface area (Å²) >= 11 is 0. The number of halogens is 1. The van der Waals surface area contributed by atoms with Crippen molar-refractivity contribution in [3.05, 3.63) is 47.4 Å². The van der Waals surface area contributed by atoms with E-state index in [9.17, 15) is 13.2 Å². The lowest BCUT2D eigenvalue weighted by Gasteiger charge is -2.21. The average molecular weight is 402 g/mol. The third kappa shape index (κ3) is 5.57. The molecule has 0 aliphatic carbocycles. The van der Waals surface area contributed by atoms with Gasteiger partial charge in [-0.1, -0.05) is 6.07 Å². The second-order valence-electron chi connectivity index (χ2n) is 6.80. The summed E-state index contributed by atoms with van der Waals surface area (Å²) < 4.78 is 32.9. The highest BCUT2D eigenvalue weighted by atomic mass is 35.5. The van der Waals surface area contributed by atoms with Gasteiger partial charge in [0.2, 0.25) is 10.0 Å². The fourth-order valence-corrected chi connectivity index (χ4v) is 3.93. The van der Waals surface area contributed by atoms with Crippen LogP contribution < -0.4 is 15.8 Å². The topological polar surface area (TPSA) is 114 Å². The number of carbonyl (C=O) groups excluding carboxylic acids is 1. The highest BCUT2D eigenvalue weighted by Gasteiger charge is 2.24. The van der Waals surface area contributed by atoms with E-state index in [0.29, 0.717) is 22.6 Å². The molecule has 0 unspecified atom stereocenters. The van der Waals surface area contributed by atoms with Crippen molar-refractivity contribution in [2.45, 2.75) is 44.7 Å². The number of carbonyl (C=O) groups is 1. The van der Waals surface area contributed by atoms with Gasteiger partial charge in [0.1, 0.15) is 12.0 Å². The Hall–Kier alpha value is -1.87. The molecule has 0 fully saturated rings. The van der Waals surface area contributed by atoms with E-state index < -0.39 is 21.5 Å². The summed E-state index contributed by atoms with van der Waals surface area (Å²) in [7, 11) is -3.71. The molecule has 26 heavy (non-hydrogen) atoms. The minimum atomic E-state index is -3.71. The summed E-state index contributed by atoms with van der Waals surface area (Å²) in [5, 5.41) is 2.67. The van der Waals surface area contributed by atoms with Gasteiger partial charge in [-0.05, 0) is 51.5 Å². The monoisotopic (exact) mass is 401 g/mol. The van der Waals surface area contributed by atoms with Gasteiger partial charge in [-0.15, -0.1) is 12.4 Å². The summed E-state index contributed by atoms with van der Waals surface area (Å²) in [5.41, 5.74) is 6.12. The second-order valence-corrected chi connectivity index (χ2v) is 8.45. The number of benzene rings is 1. The number of hydrogen-bond donors (Lipinski definition) is 3. The Morgan fingerprint density at radius 2 is 1.88 bits per heavy atom. The van der Waals surface area contributed by atoms with Gasteiger partial charge >= 0.3 is 0 Å². The maximum atomic E-state index is 12.6. The first-order chi connectivity index (χ1) is 11.5. The highest BCUT2D eigenvalue weighted by molar-refractivity contribution is 7.89. The van der Waals surface area contributed by atoms with Crippen LogP contribution in [0.4, 0.5) is 5.69 Å². The number of nitrogens with one attached hydrogen (secondary N) is 2. The molecule has 0 saturated carbocycles. The first-order valence-corrected chi connectivity index (χ1v) is 9.23. The largest absolute Gasteiger partial charge is 0.467 e. The zero-order valence-electron chi connectivity index (χ0n) is 15.1. The van der Waals surface area contributed by atoms with Crippen LogP contribution >= 0.6 is 12.4 Å². The van der Waals surface area contributed by atoms with Gasteiger partial charge < -0.3 is 15.5 Å². The molecule has 4 N–H and O–H groups in total. The van der Waals surface area contributed by atoms with Crippen molar-refractivity contribution in [2.75, 3.05) is 5.32 Å². The molecule has 0 atom stereocenters. The van der Waals surface area contributed by atoms with Gasteiger partial charge in [-0.3, -0.25) is 4.79 Å². The molecule has 2 rings (SSSR count). The molecule has 1 aromatic carbocycles. The molecule has 2 aromatic rings. The molecule has 0 aliphatic heterocycles. The molecular formula is C17H24ClN3O4S. The van der Waals surface area contributed by atoms with Crippen molar-refractivity contribution in [3.63, 3.8) is 0 Å². The van der Waals surface area contributed by atoms with Crippen LogP contribution in [0.25, 0.3) is 0 Å². The van der Waals surface area contributed by atoms with E-state index in [0.717, 1.165) is 0 Å². The van der Waals surface area contributed by atoms with E-state index in [4.69, 9.17) is 10.2 Å². The Kier molecular flexibility index (Phi) is 7.01. The zero-order valence-corrected chi connectivity index (χ0v) is 16.8. The smallest absolute Gasteiger partial charge is 0.258 e. The van der Waals surface area contributed by atoms with Crippen molar-refractivity contribution >= 4 is 34.0 Å². The van der Waals surface area contributed by atoms with E-state index in [1.165, 1.54) is 12.3 Å². The van der Waals surface area contributed by atoms with E-state index in [1.54, 1.807) is 45.9 Å². The molecule has 144 valence electrons. The second kappa shape index (κ2) is 8.22. The fourth-order valence-electron chi connectivity index (χ4n) is 2.24. The van der Waals surface area contributed by atoms with Gasteiger partial charge in [0.15, 0.2) is 0 Å². The van der Waals surface area contributed by atoms with Gasteiger partial charge in [0.05, 0.1) is 17.0 Å². The number of aryl methyl sites for hydroxylation is 1. The van der Waals surface area contributed by atoms with Crippen LogP contribution in [0.1, 0.15) is 42.5 Å². The summed E-state index contributed by atoms with van der Waals surface area (Å²) in [5.74, 6) is 0.0890. The van der Waals surface area contributed by atoms with Crippen molar-refractivity contribution < 1.29 is 17.6 Å². The van der Waals surface area contributed by atoms with Crippen LogP contribution in [-0.4, -0.2) is 19.9 Å². The molecule has 0 saturated heterocycles. The molecule has 7 nitrogen and oxygen atoms in total. The van der Waals surface area contributed by atoms with E-state index >= 15 is 0 Å². The van der Waals surface area contributed by atoms with Gasteiger partial charge in [-0.2, -0.15) is 0 Å². The fraction of sp³-hybridized carbons (Fsp3) is 0.353. The standard InChI is InChI=1S/C17H23N3O4S.ClH/c1-11-5-6-13(8-15(11)25(22,23)20-17(2,3)4)19-16(21)12-7-14(9-18)24-10-12;/h5-8,10,20H,9,18H2,1-4H3,(H,19,21);1H. The molecular weight excluding hydrogens is 378 g/mol. The summed E-state index contributed by atoms with van der Waals surface area (Å²) in [6, 6.07) is 6.27. The Morgan fingerprint density at radius 3 is 2.42 bits per heavy atom. The zero-order chi connectivity index (χ0) is 18.8. The third-order valence-corrected chi connectivity index (χ3v) is 5.19. The molecule has 9 heteroatoms. The number of rotatable bonds is 5. The average Bonchev–Trinajstić information content (AvgIpc) is 2.95. The number of sulfonamides is 1. The molecule has 0 radical (unpaired) electrons. The molecule has 1 amide bonds. The summed E-state index contributed by atoms with van der Waals surface area (Å²) in [4.78, 5) is 12.4. The molecule has 0 aliphatic rings. The highest BCUT2D eigenvalue weighted by Crippen LogP contribution is 2.22. The van der Waals surface area contributed by atoms with Crippen molar-refractivity contribution in [1.82, 2.24) is 4.72 Å². The normalized spacial score (nSPS) is 11.7. The Labute approximate surface area is 159 Å². The molecule has 1 heterocycles. The SMILES string of the molecule is Cc1ccc(NC(=O)c2coc(CN)c2)cc1S(=O)(=O)NC(C)(C)C.Cl. The van der Waals surface area contributed by atoms with Crippen molar-refractivity contribution in [2.24, 2.45) is 5.73 Å². The predicted molar refractivity (Wildman–Crippen MR) is 103 cm³/mol. The van der Waals surface area contributed by atoms with E-state index in [2.05, 4.69) is 10.0 Å². The first kappa shape index (κ1) is 22.2. The Morgan fingerprint density at radius 1 is 1.23 bits per heavy atom. The van der Waals surface area contributed by atoms with Gasteiger partial charge in [-0.25, -0.2) is 13.1 Å². The minimum Gasteiger partial charge on any atom is -0.467 e. The first-order valence-electron chi connectivity index (χ1n) is 7.75. The van der Waals surface area contributed by atoms with Crippen LogP contribution in [0, 0.1) is 6.92 Å². The molecule has 1 aromatic heterocycles. The number of amides is 1. The van der Waals surface area contributed by atoms with Crippen LogP contribution in [0.2, 0.25) is 0 Å². The number of furan rings is 1. The quantitative estimate of drug-likeness (QED) is 0.712. The van der Waals surface area contributed by atoms with Crippen molar-refractivity contribution in [3.8, 4) is 0 Å². The van der Waals surface area contributed by atoms with Crippen LogP contribution in [0.15, 0.2) is 39.8 Å². The van der Waals surface area contributed by atoms with Gasteiger partial charge in [0, 0.05) is 11.2 Å². The van der Waals surface area contributed by atoms with Crippen LogP contribution in [0.5, 0.6) is 0 Å². The Balaban J connectivity index is 0.00000338. The molecule has 0 spiro atoms. The van der Waals surface area contributed by atoms with Gasteiger partial charge in [0.25, 0.3) is 5.91 Å². The number of anilines is 1. The summed E-state index contributed by atoms with van der Waals surface area (Å²) in [6.45, 7) is 7.18. The lowest BCUT2D eigenvalue weighted by molar-refractivity contribution is 0.102.